The Labute approximate surface area is 116 Å². The first-order valence-corrected chi connectivity index (χ1v) is 6.90. The van der Waals surface area contributed by atoms with Crippen molar-refractivity contribution in [3.63, 3.8) is 0 Å². The lowest BCUT2D eigenvalue weighted by molar-refractivity contribution is 0.0224. The second-order valence-electron chi connectivity index (χ2n) is 5.56. The van der Waals surface area contributed by atoms with Crippen molar-refractivity contribution in [2.45, 2.75) is 39.3 Å². The zero-order valence-corrected chi connectivity index (χ0v) is 12.6. The largest absolute Gasteiger partial charge is 0.444 e. The predicted molar refractivity (Wildman–Crippen MR) is 74.5 cm³/mol. The minimum Gasteiger partial charge on any atom is -0.444 e. The second kappa shape index (κ2) is 4.92. The quantitative estimate of drug-likeness (QED) is 0.730. The molecule has 1 aromatic rings. The highest BCUT2D eigenvalue weighted by molar-refractivity contribution is 9.10. The van der Waals surface area contributed by atoms with Gasteiger partial charge in [-0.15, -0.1) is 0 Å². The van der Waals surface area contributed by atoms with Gasteiger partial charge in [-0.3, -0.25) is 0 Å². The summed E-state index contributed by atoms with van der Waals surface area (Å²) in [6, 6.07) is 6.24. The number of nitrogens with zero attached hydrogens (tertiary/aromatic N) is 1. The van der Waals surface area contributed by atoms with Gasteiger partial charge in [0.1, 0.15) is 5.60 Å². The fourth-order valence-electron chi connectivity index (χ4n) is 2.01. The zero-order chi connectivity index (χ0) is 13.3. The number of ether oxygens (including phenoxy) is 1. The maximum Gasteiger partial charge on any atom is 0.410 e. The minimum absolute atomic E-state index is 0.229. The molecule has 18 heavy (non-hydrogen) atoms. The standard InChI is InChI=1S/C14H18BrNO2/c1-14(2,3)18-13(17)16-7-6-10-4-5-12(15)8-11(10)9-16/h4-5,8H,6-7,9H2,1-3H3. The summed E-state index contributed by atoms with van der Waals surface area (Å²) in [4.78, 5) is 13.8. The third-order valence-electron chi connectivity index (χ3n) is 2.83. The van der Waals surface area contributed by atoms with Crippen LogP contribution < -0.4 is 0 Å². The van der Waals surface area contributed by atoms with E-state index in [0.717, 1.165) is 17.4 Å². The Morgan fingerprint density at radius 2 is 2.06 bits per heavy atom. The summed E-state index contributed by atoms with van der Waals surface area (Å²) < 4.78 is 6.45. The molecule has 0 aliphatic carbocycles. The van der Waals surface area contributed by atoms with Crippen molar-refractivity contribution in [3.05, 3.63) is 33.8 Å². The Morgan fingerprint density at radius 3 is 2.72 bits per heavy atom. The van der Waals surface area contributed by atoms with Gasteiger partial charge in [0.15, 0.2) is 0 Å². The number of amides is 1. The van der Waals surface area contributed by atoms with Crippen LogP contribution >= 0.6 is 15.9 Å². The van der Waals surface area contributed by atoms with Gasteiger partial charge in [-0.05, 0) is 50.5 Å². The highest BCUT2D eigenvalue weighted by Gasteiger charge is 2.25. The van der Waals surface area contributed by atoms with Crippen LogP contribution in [0.4, 0.5) is 4.79 Å². The Hall–Kier alpha value is -1.03. The van der Waals surface area contributed by atoms with Crippen molar-refractivity contribution in [1.29, 1.82) is 0 Å². The SMILES string of the molecule is CC(C)(C)OC(=O)N1CCc2ccc(Br)cc2C1. The lowest BCUT2D eigenvalue weighted by atomic mass is 10.0. The van der Waals surface area contributed by atoms with Gasteiger partial charge in [-0.1, -0.05) is 22.0 Å². The highest BCUT2D eigenvalue weighted by atomic mass is 79.9. The maximum atomic E-state index is 12.0. The smallest absolute Gasteiger partial charge is 0.410 e. The maximum absolute atomic E-state index is 12.0. The number of benzene rings is 1. The van der Waals surface area contributed by atoms with Crippen LogP contribution in [0.2, 0.25) is 0 Å². The van der Waals surface area contributed by atoms with E-state index in [0.29, 0.717) is 6.54 Å². The van der Waals surface area contributed by atoms with Crippen LogP contribution in [0.3, 0.4) is 0 Å². The van der Waals surface area contributed by atoms with Gasteiger partial charge >= 0.3 is 6.09 Å². The minimum atomic E-state index is -0.436. The Bertz CT molecular complexity index is 465. The van der Waals surface area contributed by atoms with Gasteiger partial charge in [-0.25, -0.2) is 4.79 Å². The van der Waals surface area contributed by atoms with E-state index in [4.69, 9.17) is 4.74 Å². The van der Waals surface area contributed by atoms with Crippen LogP contribution in [0.15, 0.2) is 22.7 Å². The molecule has 0 saturated carbocycles. The van der Waals surface area contributed by atoms with E-state index in [9.17, 15) is 4.79 Å². The van der Waals surface area contributed by atoms with Gasteiger partial charge in [0.2, 0.25) is 0 Å². The van der Waals surface area contributed by atoms with Crippen LogP contribution in [0.5, 0.6) is 0 Å². The fraction of sp³-hybridized carbons (Fsp3) is 0.500. The second-order valence-corrected chi connectivity index (χ2v) is 6.48. The monoisotopic (exact) mass is 311 g/mol. The van der Waals surface area contributed by atoms with Crippen LogP contribution in [-0.4, -0.2) is 23.1 Å². The zero-order valence-electron chi connectivity index (χ0n) is 11.0. The molecule has 1 aliphatic heterocycles. The van der Waals surface area contributed by atoms with Crippen molar-refractivity contribution >= 4 is 22.0 Å². The lowest BCUT2D eigenvalue weighted by Gasteiger charge is -2.31. The molecule has 98 valence electrons. The first-order valence-electron chi connectivity index (χ1n) is 6.10. The molecule has 0 fully saturated rings. The molecule has 1 aromatic carbocycles. The van der Waals surface area contributed by atoms with Crippen LogP contribution in [0, 0.1) is 0 Å². The number of fused-ring (bicyclic) bond motifs is 1. The van der Waals surface area contributed by atoms with E-state index >= 15 is 0 Å². The van der Waals surface area contributed by atoms with E-state index in [2.05, 4.69) is 28.1 Å². The molecule has 0 spiro atoms. The van der Waals surface area contributed by atoms with Crippen LogP contribution in [0.1, 0.15) is 31.9 Å². The number of carbonyl (C=O) groups excluding carboxylic acids is 1. The molecule has 3 nitrogen and oxygen atoms in total. The number of halogens is 1. The molecular weight excluding hydrogens is 294 g/mol. The molecule has 0 N–H and O–H groups in total. The molecule has 0 radical (unpaired) electrons. The average Bonchev–Trinajstić information content (AvgIpc) is 2.25. The molecule has 0 unspecified atom stereocenters. The Kier molecular flexibility index (Phi) is 3.66. The lowest BCUT2D eigenvalue weighted by Crippen LogP contribution is -2.39. The Balaban J connectivity index is 2.09. The normalized spacial score (nSPS) is 15.2. The summed E-state index contributed by atoms with van der Waals surface area (Å²) in [5, 5.41) is 0. The van der Waals surface area contributed by atoms with E-state index in [1.807, 2.05) is 26.8 Å². The molecule has 0 bridgehead atoms. The number of hydrogen-bond donors (Lipinski definition) is 0. The van der Waals surface area contributed by atoms with Crippen molar-refractivity contribution < 1.29 is 9.53 Å². The summed E-state index contributed by atoms with van der Waals surface area (Å²) in [5.74, 6) is 0. The van der Waals surface area contributed by atoms with E-state index in [-0.39, 0.29) is 6.09 Å². The van der Waals surface area contributed by atoms with Gasteiger partial charge in [0.05, 0.1) is 0 Å². The first-order chi connectivity index (χ1) is 8.35. The van der Waals surface area contributed by atoms with Crippen LogP contribution in [0.25, 0.3) is 0 Å². The molecule has 4 heteroatoms. The van der Waals surface area contributed by atoms with Crippen molar-refractivity contribution in [1.82, 2.24) is 4.90 Å². The third kappa shape index (κ3) is 3.25. The average molecular weight is 312 g/mol. The van der Waals surface area contributed by atoms with Gasteiger partial charge in [0, 0.05) is 17.6 Å². The van der Waals surface area contributed by atoms with Crippen molar-refractivity contribution in [2.24, 2.45) is 0 Å². The molecule has 0 atom stereocenters. The van der Waals surface area contributed by atoms with Crippen molar-refractivity contribution in [2.75, 3.05) is 6.54 Å². The highest BCUT2D eigenvalue weighted by Crippen LogP contribution is 2.24. The topological polar surface area (TPSA) is 29.5 Å². The Morgan fingerprint density at radius 1 is 1.33 bits per heavy atom. The summed E-state index contributed by atoms with van der Waals surface area (Å²) in [5.41, 5.74) is 2.08. The number of rotatable bonds is 0. The summed E-state index contributed by atoms with van der Waals surface area (Å²) in [6.45, 7) is 7.02. The van der Waals surface area contributed by atoms with Crippen LogP contribution in [-0.2, 0) is 17.7 Å². The molecule has 1 amide bonds. The summed E-state index contributed by atoms with van der Waals surface area (Å²) in [6.07, 6.45) is 0.662. The molecule has 0 aromatic heterocycles. The summed E-state index contributed by atoms with van der Waals surface area (Å²) >= 11 is 3.46. The molecule has 1 aliphatic rings. The molecule has 1 heterocycles. The fourth-order valence-corrected chi connectivity index (χ4v) is 2.42. The number of hydrogen-bond acceptors (Lipinski definition) is 2. The molecule has 0 saturated heterocycles. The van der Waals surface area contributed by atoms with Gasteiger partial charge < -0.3 is 9.64 Å². The van der Waals surface area contributed by atoms with E-state index in [1.165, 1.54) is 11.1 Å². The third-order valence-corrected chi connectivity index (χ3v) is 3.33. The summed E-state index contributed by atoms with van der Waals surface area (Å²) in [7, 11) is 0. The van der Waals surface area contributed by atoms with Gasteiger partial charge in [-0.2, -0.15) is 0 Å². The predicted octanol–water partition coefficient (Wildman–Crippen LogP) is 3.74. The number of carbonyl (C=O) groups is 1. The van der Waals surface area contributed by atoms with Crippen molar-refractivity contribution in [3.8, 4) is 0 Å². The first kappa shape index (κ1) is 13.4. The van der Waals surface area contributed by atoms with E-state index < -0.39 is 5.60 Å². The van der Waals surface area contributed by atoms with Gasteiger partial charge in [0.25, 0.3) is 0 Å². The molecule has 2 rings (SSSR count). The van der Waals surface area contributed by atoms with E-state index in [1.54, 1.807) is 4.90 Å². The molecular formula is C14H18BrNO2.